The first-order valence-corrected chi connectivity index (χ1v) is 6.25. The predicted octanol–water partition coefficient (Wildman–Crippen LogP) is 0.401. The summed E-state index contributed by atoms with van der Waals surface area (Å²) in [5.41, 5.74) is 6.47. The zero-order valence-electron chi connectivity index (χ0n) is 11.7. The number of nitrogens with one attached hydrogen (secondary N) is 1. The van der Waals surface area contributed by atoms with Crippen molar-refractivity contribution in [1.29, 1.82) is 0 Å². The fourth-order valence-electron chi connectivity index (χ4n) is 1.88. The van der Waals surface area contributed by atoms with Gasteiger partial charge in [0.15, 0.2) is 11.7 Å². The van der Waals surface area contributed by atoms with Crippen molar-refractivity contribution in [3.63, 3.8) is 0 Å². The number of nitrogens with zero attached hydrogens (tertiary/aromatic N) is 4. The molecule has 8 heteroatoms. The van der Waals surface area contributed by atoms with E-state index in [0.717, 1.165) is 0 Å². The van der Waals surface area contributed by atoms with Gasteiger partial charge in [0, 0.05) is 18.2 Å². The van der Waals surface area contributed by atoms with Gasteiger partial charge in [0.2, 0.25) is 0 Å². The van der Waals surface area contributed by atoms with Gasteiger partial charge in [0.25, 0.3) is 5.91 Å². The second-order valence-corrected chi connectivity index (χ2v) is 4.56. The molecule has 1 amide bonds. The van der Waals surface area contributed by atoms with Crippen LogP contribution in [0.15, 0.2) is 35.7 Å². The normalized spacial score (nSPS) is 13.0. The minimum Gasteiger partial charge on any atom is -0.409 e. The molecule has 110 valence electrons. The van der Waals surface area contributed by atoms with E-state index < -0.39 is 0 Å². The molecule has 2 rings (SSSR count). The van der Waals surface area contributed by atoms with Crippen molar-refractivity contribution in [2.75, 3.05) is 0 Å². The number of amides is 1. The molecule has 0 fully saturated rings. The van der Waals surface area contributed by atoms with E-state index in [1.165, 1.54) is 0 Å². The third-order valence-corrected chi connectivity index (χ3v) is 3.03. The largest absolute Gasteiger partial charge is 0.409 e. The van der Waals surface area contributed by atoms with Gasteiger partial charge in [-0.25, -0.2) is 0 Å². The molecule has 0 aliphatic heterocycles. The molecule has 2 aromatic rings. The highest BCUT2D eigenvalue weighted by molar-refractivity contribution is 5.99. The minimum absolute atomic E-state index is 0.00518. The van der Waals surface area contributed by atoms with Crippen LogP contribution in [-0.2, 0) is 7.05 Å². The number of oxime groups is 1. The Morgan fingerprint density at radius 3 is 2.52 bits per heavy atom. The number of nitrogens with two attached hydrogens (primary N) is 1. The number of hydrogen-bond acceptors (Lipinski definition) is 5. The maximum Gasteiger partial charge on any atom is 0.251 e. The maximum atomic E-state index is 12.1. The summed E-state index contributed by atoms with van der Waals surface area (Å²) < 4.78 is 1.74. The lowest BCUT2D eigenvalue weighted by atomic mass is 10.1. The molecule has 0 saturated carbocycles. The highest BCUT2D eigenvalue weighted by Gasteiger charge is 2.15. The molecule has 0 aliphatic carbocycles. The molecular formula is C13H16N6O2. The molecule has 4 N–H and O–H groups in total. The smallest absolute Gasteiger partial charge is 0.251 e. The molecule has 1 heterocycles. The van der Waals surface area contributed by atoms with Gasteiger partial charge in [-0.1, -0.05) is 17.3 Å². The average molecular weight is 288 g/mol. The van der Waals surface area contributed by atoms with Crippen LogP contribution >= 0.6 is 0 Å². The molecule has 0 saturated heterocycles. The van der Waals surface area contributed by atoms with E-state index in [4.69, 9.17) is 10.9 Å². The van der Waals surface area contributed by atoms with E-state index >= 15 is 0 Å². The van der Waals surface area contributed by atoms with Crippen molar-refractivity contribution >= 4 is 11.7 Å². The quantitative estimate of drug-likeness (QED) is 0.326. The summed E-state index contributed by atoms with van der Waals surface area (Å²) in [7, 11) is 1.81. The lowest BCUT2D eigenvalue weighted by molar-refractivity contribution is 0.0938. The van der Waals surface area contributed by atoms with Crippen molar-refractivity contribution in [1.82, 2.24) is 20.1 Å². The van der Waals surface area contributed by atoms with Gasteiger partial charge in [0.05, 0.1) is 6.04 Å². The van der Waals surface area contributed by atoms with Gasteiger partial charge in [-0.3, -0.25) is 4.79 Å². The SMILES string of the molecule is CC(NC(=O)c1ccc(C(N)=NO)cc1)c1nncn1C. The number of rotatable bonds is 4. The Bertz CT molecular complexity index is 662. The number of amidine groups is 1. The van der Waals surface area contributed by atoms with Crippen LogP contribution in [0.25, 0.3) is 0 Å². The summed E-state index contributed by atoms with van der Waals surface area (Å²) in [4.78, 5) is 12.1. The van der Waals surface area contributed by atoms with E-state index in [2.05, 4.69) is 20.7 Å². The average Bonchev–Trinajstić information content (AvgIpc) is 2.92. The summed E-state index contributed by atoms with van der Waals surface area (Å²) in [6.07, 6.45) is 1.57. The van der Waals surface area contributed by atoms with E-state index in [1.54, 1.807) is 35.2 Å². The van der Waals surface area contributed by atoms with Gasteiger partial charge >= 0.3 is 0 Å². The van der Waals surface area contributed by atoms with E-state index in [-0.39, 0.29) is 17.8 Å². The molecular weight excluding hydrogens is 272 g/mol. The van der Waals surface area contributed by atoms with Crippen LogP contribution in [0.4, 0.5) is 0 Å². The van der Waals surface area contributed by atoms with E-state index in [0.29, 0.717) is 17.0 Å². The Balaban J connectivity index is 2.09. The molecule has 8 nitrogen and oxygen atoms in total. The minimum atomic E-state index is -0.270. The van der Waals surface area contributed by atoms with Crippen LogP contribution in [0.3, 0.4) is 0 Å². The molecule has 0 bridgehead atoms. The molecule has 21 heavy (non-hydrogen) atoms. The van der Waals surface area contributed by atoms with Crippen LogP contribution in [-0.4, -0.2) is 31.7 Å². The third-order valence-electron chi connectivity index (χ3n) is 3.03. The topological polar surface area (TPSA) is 118 Å². The highest BCUT2D eigenvalue weighted by atomic mass is 16.4. The lowest BCUT2D eigenvalue weighted by Crippen LogP contribution is -2.28. The van der Waals surface area contributed by atoms with Crippen LogP contribution in [0.5, 0.6) is 0 Å². The molecule has 1 aromatic carbocycles. The Hall–Kier alpha value is -2.90. The first-order chi connectivity index (χ1) is 10.0. The van der Waals surface area contributed by atoms with Crippen LogP contribution < -0.4 is 11.1 Å². The van der Waals surface area contributed by atoms with Crippen molar-refractivity contribution in [3.05, 3.63) is 47.5 Å². The van der Waals surface area contributed by atoms with Crippen molar-refractivity contribution in [2.45, 2.75) is 13.0 Å². The molecule has 1 atom stereocenters. The van der Waals surface area contributed by atoms with Gasteiger partial charge in [-0.2, -0.15) is 0 Å². The van der Waals surface area contributed by atoms with Gasteiger partial charge in [-0.15, -0.1) is 10.2 Å². The molecule has 1 aromatic heterocycles. The van der Waals surface area contributed by atoms with Crippen molar-refractivity contribution in [2.24, 2.45) is 17.9 Å². The Kier molecular flexibility index (Phi) is 4.17. The van der Waals surface area contributed by atoms with Gasteiger partial charge < -0.3 is 20.8 Å². The maximum absolute atomic E-state index is 12.1. The summed E-state index contributed by atoms with van der Waals surface area (Å²) in [5.74, 6) is 0.419. The summed E-state index contributed by atoms with van der Waals surface area (Å²) in [5, 5.41) is 22.0. The number of hydrogen-bond donors (Lipinski definition) is 3. The fraction of sp³-hybridized carbons (Fsp3) is 0.231. The van der Waals surface area contributed by atoms with Crippen LogP contribution in [0.1, 0.15) is 34.7 Å². The summed E-state index contributed by atoms with van der Waals surface area (Å²) >= 11 is 0. The first kappa shape index (κ1) is 14.5. The van der Waals surface area contributed by atoms with Crippen molar-refractivity contribution in [3.8, 4) is 0 Å². The fourth-order valence-corrected chi connectivity index (χ4v) is 1.88. The highest BCUT2D eigenvalue weighted by Crippen LogP contribution is 2.10. The molecule has 0 aliphatic rings. The van der Waals surface area contributed by atoms with Gasteiger partial charge in [-0.05, 0) is 19.1 Å². The van der Waals surface area contributed by atoms with E-state index in [1.807, 2.05) is 14.0 Å². The zero-order chi connectivity index (χ0) is 15.4. The summed E-state index contributed by atoms with van der Waals surface area (Å²) in [6, 6.07) is 6.15. The summed E-state index contributed by atoms with van der Waals surface area (Å²) in [6.45, 7) is 1.83. The third kappa shape index (κ3) is 3.16. The molecule has 1 unspecified atom stereocenters. The number of carbonyl (C=O) groups is 1. The van der Waals surface area contributed by atoms with E-state index in [9.17, 15) is 4.79 Å². The number of carbonyl (C=O) groups excluding carboxylic acids is 1. The van der Waals surface area contributed by atoms with Gasteiger partial charge in [0.1, 0.15) is 6.33 Å². The second-order valence-electron chi connectivity index (χ2n) is 4.56. The number of aryl methyl sites for hydroxylation is 1. The Labute approximate surface area is 121 Å². The van der Waals surface area contributed by atoms with Crippen LogP contribution in [0, 0.1) is 0 Å². The zero-order valence-corrected chi connectivity index (χ0v) is 11.7. The number of aromatic nitrogens is 3. The molecule has 0 radical (unpaired) electrons. The molecule has 0 spiro atoms. The predicted molar refractivity (Wildman–Crippen MR) is 75.8 cm³/mol. The monoisotopic (exact) mass is 288 g/mol. The lowest BCUT2D eigenvalue weighted by Gasteiger charge is -2.13. The Morgan fingerprint density at radius 2 is 2.00 bits per heavy atom. The first-order valence-electron chi connectivity index (χ1n) is 6.25. The van der Waals surface area contributed by atoms with Crippen molar-refractivity contribution < 1.29 is 10.0 Å². The Morgan fingerprint density at radius 1 is 1.38 bits per heavy atom. The number of benzene rings is 1. The standard InChI is InChI=1S/C13H16N6O2/c1-8(12-17-15-7-19(12)2)16-13(20)10-5-3-9(4-6-10)11(14)18-21/h3-8,21H,1-2H3,(H2,14,18)(H,16,20). The second kappa shape index (κ2) is 6.04. The van der Waals surface area contributed by atoms with Crippen LogP contribution in [0.2, 0.25) is 0 Å².